The van der Waals surface area contributed by atoms with Crippen LogP contribution in [0.25, 0.3) is 0 Å². The number of ketones is 1. The second-order valence-electron chi connectivity index (χ2n) is 5.50. The Kier molecular flexibility index (Phi) is 4.55. The summed E-state index contributed by atoms with van der Waals surface area (Å²) in [6.07, 6.45) is 1.45. The Balaban J connectivity index is 2.23. The molecule has 0 aliphatic carbocycles. The third-order valence-electron chi connectivity index (χ3n) is 3.48. The van der Waals surface area contributed by atoms with E-state index >= 15 is 0 Å². The monoisotopic (exact) mass is 357 g/mol. The minimum Gasteiger partial charge on any atom is -0.312 e. The molecule has 0 radical (unpaired) electrons. The smallest absolute Gasteiger partial charge is 0.237 e. The highest BCUT2D eigenvalue weighted by Gasteiger charge is 2.40. The standard InChI is InChI=1S/C15H17BrClNO2/c1-15(2,16)13(19)12-4-3-9-18(14(12)20)11-7-5-10(17)6-8-11/h5-8,12H,3-4,9H2,1-2H3. The molecule has 1 fully saturated rings. The van der Waals surface area contributed by atoms with E-state index in [1.165, 1.54) is 0 Å². The first kappa shape index (κ1) is 15.5. The van der Waals surface area contributed by atoms with Crippen LogP contribution in [-0.4, -0.2) is 22.6 Å². The van der Waals surface area contributed by atoms with Gasteiger partial charge < -0.3 is 4.90 Å². The summed E-state index contributed by atoms with van der Waals surface area (Å²) in [4.78, 5) is 26.6. The van der Waals surface area contributed by atoms with Crippen molar-refractivity contribution in [2.24, 2.45) is 5.92 Å². The third-order valence-corrected chi connectivity index (χ3v) is 4.12. The third kappa shape index (κ3) is 3.23. The van der Waals surface area contributed by atoms with Gasteiger partial charge in [0.15, 0.2) is 5.78 Å². The predicted molar refractivity (Wildman–Crippen MR) is 84.5 cm³/mol. The van der Waals surface area contributed by atoms with Crippen molar-refractivity contribution in [2.75, 3.05) is 11.4 Å². The van der Waals surface area contributed by atoms with Gasteiger partial charge in [0.2, 0.25) is 5.91 Å². The van der Waals surface area contributed by atoms with E-state index in [1.54, 1.807) is 30.9 Å². The zero-order valence-electron chi connectivity index (χ0n) is 11.5. The molecule has 1 aliphatic rings. The Labute approximate surface area is 132 Å². The van der Waals surface area contributed by atoms with E-state index < -0.39 is 10.2 Å². The van der Waals surface area contributed by atoms with E-state index in [4.69, 9.17) is 11.6 Å². The lowest BCUT2D eigenvalue weighted by molar-refractivity contribution is -0.134. The Morgan fingerprint density at radius 2 is 1.95 bits per heavy atom. The van der Waals surface area contributed by atoms with Crippen molar-refractivity contribution < 1.29 is 9.59 Å². The number of rotatable bonds is 3. The first-order valence-corrected chi connectivity index (χ1v) is 7.78. The maximum absolute atomic E-state index is 12.6. The molecule has 108 valence electrons. The highest BCUT2D eigenvalue weighted by Crippen LogP contribution is 2.31. The molecular weight excluding hydrogens is 342 g/mol. The van der Waals surface area contributed by atoms with Gasteiger partial charge in [-0.05, 0) is 51.0 Å². The normalized spacial score (nSPS) is 20.1. The molecule has 5 heteroatoms. The lowest BCUT2D eigenvalue weighted by atomic mass is 9.87. The van der Waals surface area contributed by atoms with Crippen molar-refractivity contribution >= 4 is 44.9 Å². The van der Waals surface area contributed by atoms with Gasteiger partial charge in [-0.25, -0.2) is 0 Å². The number of carbonyl (C=O) groups is 2. The molecule has 1 amide bonds. The average Bonchev–Trinajstić information content (AvgIpc) is 2.38. The van der Waals surface area contributed by atoms with E-state index in [1.807, 2.05) is 12.1 Å². The van der Waals surface area contributed by atoms with Gasteiger partial charge >= 0.3 is 0 Å². The highest BCUT2D eigenvalue weighted by atomic mass is 79.9. The summed E-state index contributed by atoms with van der Waals surface area (Å²) in [5.74, 6) is -0.730. The number of hydrogen-bond donors (Lipinski definition) is 0. The number of halogens is 2. The summed E-state index contributed by atoms with van der Waals surface area (Å²) in [6.45, 7) is 4.21. The molecule has 1 aromatic carbocycles. The molecular formula is C15H17BrClNO2. The summed E-state index contributed by atoms with van der Waals surface area (Å²) < 4.78 is -0.670. The van der Waals surface area contributed by atoms with Crippen LogP contribution in [0.3, 0.4) is 0 Å². The number of nitrogens with zero attached hydrogens (tertiary/aromatic N) is 1. The minimum atomic E-state index is -0.670. The van der Waals surface area contributed by atoms with E-state index in [-0.39, 0.29) is 11.7 Å². The lowest BCUT2D eigenvalue weighted by Gasteiger charge is -2.33. The first-order valence-electron chi connectivity index (χ1n) is 6.61. The number of benzene rings is 1. The minimum absolute atomic E-state index is 0.0545. The molecule has 0 N–H and O–H groups in total. The van der Waals surface area contributed by atoms with Crippen LogP contribution in [-0.2, 0) is 9.59 Å². The van der Waals surface area contributed by atoms with Gasteiger partial charge in [0.05, 0.1) is 10.2 Å². The fourth-order valence-corrected chi connectivity index (χ4v) is 2.81. The topological polar surface area (TPSA) is 37.4 Å². The van der Waals surface area contributed by atoms with Crippen molar-refractivity contribution in [3.8, 4) is 0 Å². The molecule has 0 saturated carbocycles. The maximum atomic E-state index is 12.6. The average molecular weight is 359 g/mol. The van der Waals surface area contributed by atoms with Crippen LogP contribution in [0.5, 0.6) is 0 Å². The molecule has 0 aromatic heterocycles. The quantitative estimate of drug-likeness (QED) is 0.608. The zero-order chi connectivity index (χ0) is 14.9. The number of anilines is 1. The number of alkyl halides is 1. The van der Waals surface area contributed by atoms with E-state index in [0.29, 0.717) is 18.0 Å². The Morgan fingerprint density at radius 3 is 2.50 bits per heavy atom. The van der Waals surface area contributed by atoms with Crippen LogP contribution in [0.15, 0.2) is 24.3 Å². The molecule has 0 spiro atoms. The van der Waals surface area contributed by atoms with Gasteiger partial charge in [-0.15, -0.1) is 0 Å². The van der Waals surface area contributed by atoms with Gasteiger partial charge in [0.1, 0.15) is 0 Å². The fraction of sp³-hybridized carbons (Fsp3) is 0.467. The molecule has 2 rings (SSSR count). The predicted octanol–water partition coefficient (Wildman–Crippen LogP) is 3.83. The number of piperidine rings is 1. The zero-order valence-corrected chi connectivity index (χ0v) is 13.9. The maximum Gasteiger partial charge on any atom is 0.237 e. The lowest BCUT2D eigenvalue weighted by Crippen LogP contribution is -2.47. The van der Waals surface area contributed by atoms with Crippen LogP contribution in [0.2, 0.25) is 5.02 Å². The van der Waals surface area contributed by atoms with Crippen molar-refractivity contribution in [3.63, 3.8) is 0 Å². The SMILES string of the molecule is CC(C)(Br)C(=O)C1CCCN(c2ccc(Cl)cc2)C1=O. The molecule has 1 atom stereocenters. The van der Waals surface area contributed by atoms with Crippen molar-refractivity contribution in [1.82, 2.24) is 0 Å². The molecule has 20 heavy (non-hydrogen) atoms. The van der Waals surface area contributed by atoms with Gasteiger partial charge in [0, 0.05) is 17.3 Å². The number of amides is 1. The Bertz CT molecular complexity index is 522. The molecule has 3 nitrogen and oxygen atoms in total. The van der Waals surface area contributed by atoms with E-state index in [0.717, 1.165) is 12.1 Å². The van der Waals surface area contributed by atoms with Crippen LogP contribution in [0.4, 0.5) is 5.69 Å². The Hall–Kier alpha value is -0.870. The molecule has 1 heterocycles. The second kappa shape index (κ2) is 5.86. The first-order chi connectivity index (χ1) is 9.30. The van der Waals surface area contributed by atoms with Crippen LogP contribution in [0.1, 0.15) is 26.7 Å². The fourth-order valence-electron chi connectivity index (χ4n) is 2.41. The second-order valence-corrected chi connectivity index (χ2v) is 7.92. The van der Waals surface area contributed by atoms with Crippen molar-refractivity contribution in [2.45, 2.75) is 31.0 Å². The summed E-state index contributed by atoms with van der Waals surface area (Å²) in [5.41, 5.74) is 0.796. The molecule has 0 bridgehead atoms. The van der Waals surface area contributed by atoms with Gasteiger partial charge in [-0.1, -0.05) is 27.5 Å². The summed E-state index contributed by atoms with van der Waals surface area (Å²) in [7, 11) is 0. The largest absolute Gasteiger partial charge is 0.312 e. The summed E-state index contributed by atoms with van der Waals surface area (Å²) in [6, 6.07) is 7.13. The number of hydrogen-bond acceptors (Lipinski definition) is 2. The molecule has 1 unspecified atom stereocenters. The van der Waals surface area contributed by atoms with Gasteiger partial charge in [-0.3, -0.25) is 9.59 Å². The molecule has 1 saturated heterocycles. The number of carbonyl (C=O) groups excluding carboxylic acids is 2. The molecule has 1 aromatic rings. The van der Waals surface area contributed by atoms with E-state index in [2.05, 4.69) is 15.9 Å². The van der Waals surface area contributed by atoms with Crippen molar-refractivity contribution in [3.05, 3.63) is 29.3 Å². The van der Waals surface area contributed by atoms with Crippen molar-refractivity contribution in [1.29, 1.82) is 0 Å². The highest BCUT2D eigenvalue weighted by molar-refractivity contribution is 9.10. The van der Waals surface area contributed by atoms with Gasteiger partial charge in [-0.2, -0.15) is 0 Å². The molecule has 1 aliphatic heterocycles. The summed E-state index contributed by atoms with van der Waals surface area (Å²) in [5, 5.41) is 0.632. The van der Waals surface area contributed by atoms with Crippen LogP contribution >= 0.6 is 27.5 Å². The van der Waals surface area contributed by atoms with E-state index in [9.17, 15) is 9.59 Å². The van der Waals surface area contributed by atoms with Crippen LogP contribution < -0.4 is 4.90 Å². The Morgan fingerprint density at radius 1 is 1.35 bits per heavy atom. The van der Waals surface area contributed by atoms with Gasteiger partial charge in [0.25, 0.3) is 0 Å². The summed E-state index contributed by atoms with van der Waals surface area (Å²) >= 11 is 9.22. The van der Waals surface area contributed by atoms with Crippen LogP contribution in [0, 0.1) is 5.92 Å². The number of Topliss-reactive ketones (excluding diaryl/α,β-unsaturated/α-hetero) is 1.